The topological polar surface area (TPSA) is 77.9 Å². The van der Waals surface area contributed by atoms with Crippen molar-refractivity contribution in [3.05, 3.63) is 46.6 Å². The molecule has 3 heterocycles. The number of H-pyrrole nitrogens is 1. The highest BCUT2D eigenvalue weighted by Crippen LogP contribution is 2.37. The second kappa shape index (κ2) is 8.32. The predicted octanol–water partition coefficient (Wildman–Crippen LogP) is 4.38. The van der Waals surface area contributed by atoms with Gasteiger partial charge < -0.3 is 19.7 Å². The average Bonchev–Trinajstić information content (AvgIpc) is 3.36. The molecule has 0 bridgehead atoms. The zero-order chi connectivity index (χ0) is 21.3. The minimum absolute atomic E-state index is 0.110. The minimum atomic E-state index is -0.200. The van der Waals surface area contributed by atoms with E-state index >= 15 is 0 Å². The molecular weight excluding hydrogens is 398 g/mol. The monoisotopic (exact) mass is 425 g/mol. The lowest BCUT2D eigenvalue weighted by molar-refractivity contribution is -0.113. The van der Waals surface area contributed by atoms with Gasteiger partial charge in [0.1, 0.15) is 5.75 Å². The number of aromatic nitrogens is 1. The van der Waals surface area contributed by atoms with E-state index in [-0.39, 0.29) is 11.3 Å². The Hall–Kier alpha value is -2.51. The van der Waals surface area contributed by atoms with E-state index in [2.05, 4.69) is 35.6 Å². The van der Waals surface area contributed by atoms with Crippen LogP contribution in [0.2, 0.25) is 0 Å². The molecule has 4 rings (SSSR count). The Morgan fingerprint density at radius 3 is 2.77 bits per heavy atom. The van der Waals surface area contributed by atoms with E-state index < -0.39 is 0 Å². The van der Waals surface area contributed by atoms with Crippen molar-refractivity contribution in [2.24, 2.45) is 4.99 Å². The lowest BCUT2D eigenvalue weighted by atomic mass is 9.80. The van der Waals surface area contributed by atoms with Crippen molar-refractivity contribution >= 4 is 28.9 Å². The number of hydrogen-bond acceptors (Lipinski definition) is 5. The van der Waals surface area contributed by atoms with Gasteiger partial charge in [-0.2, -0.15) is 4.99 Å². The molecule has 2 aliphatic heterocycles. The third kappa shape index (κ3) is 4.18. The summed E-state index contributed by atoms with van der Waals surface area (Å²) in [7, 11) is 0. The van der Waals surface area contributed by atoms with Crippen molar-refractivity contribution in [2.45, 2.75) is 32.6 Å². The van der Waals surface area contributed by atoms with Crippen LogP contribution in [0.25, 0.3) is 17.2 Å². The van der Waals surface area contributed by atoms with Crippen LogP contribution in [0.1, 0.15) is 38.4 Å². The number of ether oxygens (including phenoxy) is 1. The van der Waals surface area contributed by atoms with Crippen molar-refractivity contribution in [1.29, 1.82) is 0 Å². The third-order valence-corrected chi connectivity index (χ3v) is 6.87. The number of aromatic hydroxyl groups is 1. The first-order valence-electron chi connectivity index (χ1n) is 10.2. The van der Waals surface area contributed by atoms with E-state index in [1.54, 1.807) is 6.07 Å². The molecule has 0 atom stereocenters. The van der Waals surface area contributed by atoms with Gasteiger partial charge in [-0.25, -0.2) is 0 Å². The lowest BCUT2D eigenvalue weighted by Crippen LogP contribution is -2.38. The summed E-state index contributed by atoms with van der Waals surface area (Å²) in [6, 6.07) is 7.74. The molecule has 7 heteroatoms. The smallest absolute Gasteiger partial charge is 0.286 e. The largest absolute Gasteiger partial charge is 0.508 e. The second-order valence-electron chi connectivity index (χ2n) is 8.22. The van der Waals surface area contributed by atoms with Crippen molar-refractivity contribution in [1.82, 2.24) is 9.88 Å². The number of nitrogens with zero attached hydrogens (tertiary/aromatic N) is 2. The van der Waals surface area contributed by atoms with E-state index in [9.17, 15) is 9.90 Å². The molecule has 1 aromatic heterocycles. The highest BCUT2D eigenvalue weighted by molar-refractivity contribution is 8.18. The predicted molar refractivity (Wildman–Crippen MR) is 122 cm³/mol. The molecule has 2 aromatic rings. The first-order valence-corrected chi connectivity index (χ1v) is 11.1. The highest BCUT2D eigenvalue weighted by atomic mass is 32.2. The van der Waals surface area contributed by atoms with E-state index in [4.69, 9.17) is 4.74 Å². The number of hydrogen-bond donors (Lipinski definition) is 2. The molecule has 158 valence electrons. The summed E-state index contributed by atoms with van der Waals surface area (Å²) >= 11 is 1.41. The molecule has 0 spiro atoms. The number of benzene rings is 1. The number of thioether (sulfide) groups is 1. The van der Waals surface area contributed by atoms with Gasteiger partial charge in [-0.05, 0) is 59.0 Å². The van der Waals surface area contributed by atoms with Gasteiger partial charge in [0.2, 0.25) is 0 Å². The molecule has 0 aliphatic carbocycles. The first-order chi connectivity index (χ1) is 14.4. The molecule has 0 unspecified atom stereocenters. The van der Waals surface area contributed by atoms with Gasteiger partial charge >= 0.3 is 0 Å². The fourth-order valence-corrected chi connectivity index (χ4v) is 4.49. The number of phenolic OH excluding ortho intramolecular Hbond substituents is 1. The van der Waals surface area contributed by atoms with E-state index in [0.29, 0.717) is 23.9 Å². The normalized spacial score (nSPS) is 18.9. The van der Waals surface area contributed by atoms with Gasteiger partial charge in [0.25, 0.3) is 5.91 Å². The van der Waals surface area contributed by atoms with Crippen molar-refractivity contribution < 1.29 is 14.6 Å². The molecular formula is C23H27N3O3S. The van der Waals surface area contributed by atoms with Gasteiger partial charge in [0.05, 0.1) is 18.1 Å². The van der Waals surface area contributed by atoms with Crippen LogP contribution in [-0.4, -0.2) is 52.4 Å². The zero-order valence-corrected chi connectivity index (χ0v) is 18.4. The summed E-state index contributed by atoms with van der Waals surface area (Å²) in [5.74, 6) is 0.124. The molecule has 2 N–H and O–H groups in total. The number of morpholine rings is 1. The molecule has 6 nitrogen and oxygen atoms in total. The van der Waals surface area contributed by atoms with Gasteiger partial charge in [-0.15, -0.1) is 0 Å². The Kier molecular flexibility index (Phi) is 5.75. The molecule has 1 saturated heterocycles. The quantitative estimate of drug-likeness (QED) is 0.711. The molecule has 30 heavy (non-hydrogen) atoms. The van der Waals surface area contributed by atoms with Crippen LogP contribution in [0, 0.1) is 0 Å². The van der Waals surface area contributed by atoms with Crippen molar-refractivity contribution in [2.75, 3.05) is 26.3 Å². The van der Waals surface area contributed by atoms with Crippen LogP contribution in [0.3, 0.4) is 0 Å². The number of carbonyl (C=O) groups is 1. The molecule has 0 radical (unpaired) electrons. The molecule has 1 fully saturated rings. The maximum absolute atomic E-state index is 12.4. The van der Waals surface area contributed by atoms with Crippen molar-refractivity contribution in [3.63, 3.8) is 0 Å². The Balaban J connectivity index is 1.54. The van der Waals surface area contributed by atoms with Crippen molar-refractivity contribution in [3.8, 4) is 16.9 Å². The maximum Gasteiger partial charge on any atom is 0.286 e. The molecule has 1 aromatic carbocycles. The standard InChI is InChI=1S/C23H27N3O3S/c1-4-23(2,3)18-12-15(5-6-19(18)27)16-11-17(24-14-16)13-20-21(28)25-22(30-20)26-7-9-29-10-8-26/h5-6,11-14,24,27H,4,7-10H2,1-3H3/b20-13-. The third-order valence-electron chi connectivity index (χ3n) is 5.83. The zero-order valence-electron chi connectivity index (χ0n) is 17.6. The Morgan fingerprint density at radius 2 is 2.03 bits per heavy atom. The molecule has 1 amide bonds. The number of aliphatic imine (C=N–C) groups is 1. The number of phenols is 1. The summed E-state index contributed by atoms with van der Waals surface area (Å²) in [4.78, 5) is 22.5. The Morgan fingerprint density at radius 1 is 1.27 bits per heavy atom. The van der Waals surface area contributed by atoms with E-state index in [1.807, 2.05) is 30.5 Å². The first kappa shape index (κ1) is 20.8. The van der Waals surface area contributed by atoms with Crippen LogP contribution in [0.4, 0.5) is 0 Å². The number of nitrogens with one attached hydrogen (secondary N) is 1. The number of amidine groups is 1. The molecule has 0 saturated carbocycles. The Labute approximate surface area is 181 Å². The second-order valence-corrected chi connectivity index (χ2v) is 9.23. The number of aromatic amines is 1. The van der Waals surface area contributed by atoms with E-state index in [1.165, 1.54) is 11.8 Å². The fraction of sp³-hybridized carbons (Fsp3) is 0.391. The van der Waals surface area contributed by atoms with E-state index in [0.717, 1.165) is 47.1 Å². The highest BCUT2D eigenvalue weighted by Gasteiger charge is 2.27. The summed E-state index contributed by atoms with van der Waals surface area (Å²) in [5, 5.41) is 11.1. The lowest BCUT2D eigenvalue weighted by Gasteiger charge is -2.27. The summed E-state index contributed by atoms with van der Waals surface area (Å²) in [6.45, 7) is 9.23. The number of amides is 1. The maximum atomic E-state index is 12.4. The number of rotatable bonds is 4. The average molecular weight is 426 g/mol. The molecule has 2 aliphatic rings. The minimum Gasteiger partial charge on any atom is -0.508 e. The van der Waals surface area contributed by atoms with Gasteiger partial charge in [-0.3, -0.25) is 4.79 Å². The van der Waals surface area contributed by atoms with Crippen LogP contribution in [0.5, 0.6) is 5.75 Å². The van der Waals surface area contributed by atoms with Gasteiger partial charge in [0, 0.05) is 30.5 Å². The van der Waals surface area contributed by atoms with Gasteiger partial charge in [0.15, 0.2) is 5.17 Å². The summed E-state index contributed by atoms with van der Waals surface area (Å²) in [5.41, 5.74) is 3.72. The van der Waals surface area contributed by atoms with Crippen LogP contribution in [-0.2, 0) is 14.9 Å². The fourth-order valence-electron chi connectivity index (χ4n) is 3.54. The SMILES string of the molecule is CCC(C)(C)c1cc(-c2c[nH]c(/C=C3\SC(N4CCOCC4)=NC3=O)c2)ccc1O. The van der Waals surface area contributed by atoms with Crippen LogP contribution in [0.15, 0.2) is 40.4 Å². The van der Waals surface area contributed by atoms with Crippen LogP contribution < -0.4 is 0 Å². The summed E-state index contributed by atoms with van der Waals surface area (Å²) < 4.78 is 5.37. The van der Waals surface area contributed by atoms with Crippen LogP contribution >= 0.6 is 11.8 Å². The summed E-state index contributed by atoms with van der Waals surface area (Å²) in [6.07, 6.45) is 4.71. The van der Waals surface area contributed by atoms with Gasteiger partial charge in [-0.1, -0.05) is 26.8 Å². The Bertz CT molecular complexity index is 1020. The number of carbonyl (C=O) groups excluding carboxylic acids is 1.